The van der Waals surface area contributed by atoms with Gasteiger partial charge in [-0.2, -0.15) is 0 Å². The number of amides is 1. The lowest BCUT2D eigenvalue weighted by atomic mass is 10.1. The minimum absolute atomic E-state index is 0.0137. The highest BCUT2D eigenvalue weighted by molar-refractivity contribution is 7.92. The van der Waals surface area contributed by atoms with Crippen molar-refractivity contribution >= 4 is 21.6 Å². The van der Waals surface area contributed by atoms with E-state index in [9.17, 15) is 13.2 Å². The lowest BCUT2D eigenvalue weighted by molar-refractivity contribution is 0.0858. The third kappa shape index (κ3) is 4.55. The fraction of sp³-hybridized carbons (Fsp3) is 0.562. The molecular formula is C16H24N2O6S. The van der Waals surface area contributed by atoms with Crippen LogP contribution in [0.25, 0.3) is 0 Å². The highest BCUT2D eigenvalue weighted by atomic mass is 32.2. The molecule has 25 heavy (non-hydrogen) atoms. The summed E-state index contributed by atoms with van der Waals surface area (Å²) in [6.07, 6.45) is 2.92. The van der Waals surface area contributed by atoms with E-state index in [1.165, 1.54) is 33.4 Å². The molecule has 1 amide bonds. The molecule has 0 saturated carbocycles. The van der Waals surface area contributed by atoms with Gasteiger partial charge in [0.05, 0.1) is 37.8 Å². The van der Waals surface area contributed by atoms with Gasteiger partial charge in [0.2, 0.25) is 10.0 Å². The van der Waals surface area contributed by atoms with Crippen LogP contribution in [0.5, 0.6) is 11.5 Å². The van der Waals surface area contributed by atoms with Crippen molar-refractivity contribution in [2.24, 2.45) is 0 Å². The molecule has 2 rings (SSSR count). The van der Waals surface area contributed by atoms with E-state index in [4.69, 9.17) is 14.2 Å². The summed E-state index contributed by atoms with van der Waals surface area (Å²) in [5, 5.41) is 2.79. The first kappa shape index (κ1) is 19.3. The summed E-state index contributed by atoms with van der Waals surface area (Å²) in [7, 11) is 0.722. The van der Waals surface area contributed by atoms with Crippen molar-refractivity contribution < 1.29 is 27.4 Å². The van der Waals surface area contributed by atoms with Crippen LogP contribution in [0.4, 0.5) is 5.69 Å². The molecular weight excluding hydrogens is 348 g/mol. The zero-order valence-electron chi connectivity index (χ0n) is 14.9. The first-order valence-corrected chi connectivity index (χ1v) is 9.72. The fourth-order valence-corrected chi connectivity index (χ4v) is 3.10. The minimum atomic E-state index is -3.55. The second kappa shape index (κ2) is 7.92. The maximum Gasteiger partial charge on any atom is 0.253 e. The van der Waals surface area contributed by atoms with Crippen LogP contribution in [0.3, 0.4) is 0 Å². The van der Waals surface area contributed by atoms with Gasteiger partial charge in [0, 0.05) is 26.3 Å². The number of sulfonamides is 1. The Hall–Kier alpha value is -2.00. The van der Waals surface area contributed by atoms with Crippen molar-refractivity contribution in [2.45, 2.75) is 18.9 Å². The van der Waals surface area contributed by atoms with Gasteiger partial charge in [0.25, 0.3) is 5.91 Å². The Morgan fingerprint density at radius 2 is 1.96 bits per heavy atom. The van der Waals surface area contributed by atoms with E-state index < -0.39 is 15.9 Å². The Labute approximate surface area is 148 Å². The number of carbonyl (C=O) groups is 1. The molecule has 8 nitrogen and oxygen atoms in total. The van der Waals surface area contributed by atoms with E-state index in [1.54, 1.807) is 0 Å². The number of hydrogen-bond acceptors (Lipinski definition) is 6. The Morgan fingerprint density at radius 3 is 2.48 bits per heavy atom. The Balaban J connectivity index is 2.36. The number of nitrogens with one attached hydrogen (secondary N) is 1. The number of benzene rings is 1. The number of hydrogen-bond donors (Lipinski definition) is 1. The Bertz CT molecular complexity index is 728. The molecule has 1 aliphatic heterocycles. The van der Waals surface area contributed by atoms with E-state index >= 15 is 0 Å². The van der Waals surface area contributed by atoms with Crippen molar-refractivity contribution in [1.82, 2.24) is 5.32 Å². The average Bonchev–Trinajstić information content (AvgIpc) is 3.10. The normalized spacial score (nSPS) is 17.2. The molecule has 1 heterocycles. The zero-order valence-corrected chi connectivity index (χ0v) is 15.7. The molecule has 0 bridgehead atoms. The highest BCUT2D eigenvalue weighted by Crippen LogP contribution is 2.35. The minimum Gasteiger partial charge on any atom is -0.493 e. The van der Waals surface area contributed by atoms with Crippen LogP contribution < -0.4 is 19.1 Å². The topological polar surface area (TPSA) is 94.2 Å². The van der Waals surface area contributed by atoms with Crippen LogP contribution in [0.2, 0.25) is 0 Å². The van der Waals surface area contributed by atoms with Gasteiger partial charge in [-0.1, -0.05) is 0 Å². The number of rotatable bonds is 7. The van der Waals surface area contributed by atoms with Crippen molar-refractivity contribution in [3.63, 3.8) is 0 Å². The van der Waals surface area contributed by atoms with Crippen molar-refractivity contribution in [1.29, 1.82) is 0 Å². The highest BCUT2D eigenvalue weighted by Gasteiger charge is 2.24. The fourth-order valence-electron chi connectivity index (χ4n) is 2.60. The van der Waals surface area contributed by atoms with Gasteiger partial charge < -0.3 is 19.5 Å². The number of methoxy groups -OCH3 is 2. The van der Waals surface area contributed by atoms with E-state index in [-0.39, 0.29) is 17.4 Å². The molecule has 0 unspecified atom stereocenters. The second-order valence-corrected chi connectivity index (χ2v) is 7.81. The van der Waals surface area contributed by atoms with Crippen LogP contribution >= 0.6 is 0 Å². The summed E-state index contributed by atoms with van der Waals surface area (Å²) in [6, 6.07) is 2.95. The van der Waals surface area contributed by atoms with Crippen LogP contribution in [0.1, 0.15) is 23.2 Å². The third-order valence-electron chi connectivity index (χ3n) is 4.10. The number of nitrogens with zero attached hydrogens (tertiary/aromatic N) is 1. The summed E-state index contributed by atoms with van der Waals surface area (Å²) in [5.74, 6) is 0.279. The van der Waals surface area contributed by atoms with Gasteiger partial charge in [-0.15, -0.1) is 0 Å². The molecule has 140 valence electrons. The molecule has 0 aromatic heterocycles. The molecule has 1 aliphatic rings. The van der Waals surface area contributed by atoms with E-state index in [0.29, 0.717) is 24.7 Å². The van der Waals surface area contributed by atoms with Crippen LogP contribution in [-0.2, 0) is 14.8 Å². The second-order valence-electron chi connectivity index (χ2n) is 5.80. The van der Waals surface area contributed by atoms with Crippen LogP contribution in [-0.4, -0.2) is 61.1 Å². The predicted octanol–water partition coefficient (Wildman–Crippen LogP) is 1.01. The first-order chi connectivity index (χ1) is 11.8. The molecule has 1 aromatic carbocycles. The van der Waals surface area contributed by atoms with Crippen molar-refractivity contribution in [3.05, 3.63) is 17.7 Å². The van der Waals surface area contributed by atoms with Gasteiger partial charge in [-0.05, 0) is 18.9 Å². The van der Waals surface area contributed by atoms with Crippen molar-refractivity contribution in [3.8, 4) is 11.5 Å². The lowest BCUT2D eigenvalue weighted by Gasteiger charge is -2.22. The lowest BCUT2D eigenvalue weighted by Crippen LogP contribution is -2.34. The standard InChI is InChI=1S/C16H24N2O6S/c1-18(25(4,20)21)13-9-15(23-3)14(22-2)8-12(13)16(19)17-10-11-6-5-7-24-11/h8-9,11H,5-7,10H2,1-4H3,(H,17,19)/t11-/m1/s1. The summed E-state index contributed by atoms with van der Waals surface area (Å²) >= 11 is 0. The van der Waals surface area contributed by atoms with E-state index in [2.05, 4.69) is 5.32 Å². The van der Waals surface area contributed by atoms with E-state index in [1.807, 2.05) is 0 Å². The number of anilines is 1. The van der Waals surface area contributed by atoms with Crippen LogP contribution in [0, 0.1) is 0 Å². The SMILES string of the molecule is COc1cc(C(=O)NC[C@H]2CCCO2)c(N(C)S(C)(=O)=O)cc1OC. The van der Waals surface area contributed by atoms with Crippen LogP contribution in [0.15, 0.2) is 12.1 Å². The number of ether oxygens (including phenoxy) is 3. The van der Waals surface area contributed by atoms with Gasteiger partial charge in [-0.25, -0.2) is 8.42 Å². The molecule has 0 aliphatic carbocycles. The maximum absolute atomic E-state index is 12.6. The van der Waals surface area contributed by atoms with E-state index in [0.717, 1.165) is 23.4 Å². The molecule has 1 aromatic rings. The smallest absolute Gasteiger partial charge is 0.253 e. The van der Waals surface area contributed by atoms with Gasteiger partial charge in [0.1, 0.15) is 0 Å². The zero-order chi connectivity index (χ0) is 18.6. The Morgan fingerprint density at radius 1 is 1.32 bits per heavy atom. The Kier molecular flexibility index (Phi) is 6.12. The molecule has 1 N–H and O–H groups in total. The molecule has 0 spiro atoms. The summed E-state index contributed by atoms with van der Waals surface area (Å²) in [4.78, 5) is 12.6. The molecule has 0 radical (unpaired) electrons. The summed E-state index contributed by atoms with van der Waals surface area (Å²) in [6.45, 7) is 1.06. The first-order valence-electron chi connectivity index (χ1n) is 7.87. The number of carbonyl (C=O) groups excluding carboxylic acids is 1. The summed E-state index contributed by atoms with van der Waals surface area (Å²) in [5.41, 5.74) is 0.397. The van der Waals surface area contributed by atoms with Gasteiger partial charge in [-0.3, -0.25) is 9.10 Å². The molecule has 1 fully saturated rings. The predicted molar refractivity (Wildman–Crippen MR) is 94.1 cm³/mol. The molecule has 1 saturated heterocycles. The van der Waals surface area contributed by atoms with Gasteiger partial charge in [0.15, 0.2) is 11.5 Å². The average molecular weight is 372 g/mol. The molecule has 9 heteroatoms. The van der Waals surface area contributed by atoms with Gasteiger partial charge >= 0.3 is 0 Å². The summed E-state index contributed by atoms with van der Waals surface area (Å²) < 4.78 is 40.8. The largest absolute Gasteiger partial charge is 0.493 e. The third-order valence-corrected chi connectivity index (χ3v) is 5.29. The maximum atomic E-state index is 12.6. The quantitative estimate of drug-likeness (QED) is 0.768. The monoisotopic (exact) mass is 372 g/mol. The molecule has 1 atom stereocenters. The van der Waals surface area contributed by atoms with Crippen molar-refractivity contribution in [2.75, 3.05) is 45.0 Å².